The van der Waals surface area contributed by atoms with Gasteiger partial charge in [0, 0.05) is 38.9 Å². The minimum atomic E-state index is -0.248. The van der Waals surface area contributed by atoms with Crippen molar-refractivity contribution in [1.29, 1.82) is 0 Å². The average Bonchev–Trinajstić information content (AvgIpc) is 2.67. The first kappa shape index (κ1) is 11.8. The van der Waals surface area contributed by atoms with Crippen LogP contribution in [0.25, 0.3) is 0 Å². The van der Waals surface area contributed by atoms with Crippen LogP contribution in [0.3, 0.4) is 0 Å². The van der Waals surface area contributed by atoms with Crippen LogP contribution in [0, 0.1) is 5.92 Å². The highest BCUT2D eigenvalue weighted by Crippen LogP contribution is 2.35. The molecule has 4 heteroatoms. The fraction of sp³-hybridized carbons (Fsp3) is 0.917. The topological polar surface area (TPSA) is 24.8 Å². The molecule has 0 aromatic rings. The van der Waals surface area contributed by atoms with Gasteiger partial charge in [0.05, 0.1) is 5.71 Å². The lowest BCUT2D eigenvalue weighted by Gasteiger charge is -2.36. The average molecular weight is 228 g/mol. The van der Waals surface area contributed by atoms with Gasteiger partial charge in [0.25, 0.3) is 0 Å². The first-order valence-corrected chi connectivity index (χ1v) is 6.18. The van der Waals surface area contributed by atoms with Crippen LogP contribution in [-0.4, -0.2) is 42.5 Å². The van der Waals surface area contributed by atoms with Crippen LogP contribution in [0.15, 0.2) is 5.16 Å². The van der Waals surface area contributed by atoms with Gasteiger partial charge in [-0.3, -0.25) is 0 Å². The summed E-state index contributed by atoms with van der Waals surface area (Å²) >= 11 is 0. The SMILES string of the molecule is CC(C)C1=NOC2(CCN(CCF)CC2)C1. The Morgan fingerprint density at radius 3 is 2.62 bits per heavy atom. The van der Waals surface area contributed by atoms with Crippen molar-refractivity contribution in [3.05, 3.63) is 0 Å². The monoisotopic (exact) mass is 228 g/mol. The molecule has 2 aliphatic heterocycles. The van der Waals surface area contributed by atoms with Gasteiger partial charge in [0.1, 0.15) is 12.3 Å². The van der Waals surface area contributed by atoms with E-state index in [0.717, 1.165) is 32.4 Å². The Kier molecular flexibility index (Phi) is 3.47. The highest BCUT2D eigenvalue weighted by atomic mass is 19.1. The Balaban J connectivity index is 1.86. The van der Waals surface area contributed by atoms with E-state index < -0.39 is 0 Å². The van der Waals surface area contributed by atoms with Crippen molar-refractivity contribution in [2.75, 3.05) is 26.3 Å². The minimum absolute atomic E-state index is 0.0631. The van der Waals surface area contributed by atoms with Crippen molar-refractivity contribution < 1.29 is 9.23 Å². The maximum atomic E-state index is 12.2. The largest absolute Gasteiger partial charge is 0.389 e. The lowest BCUT2D eigenvalue weighted by molar-refractivity contribution is -0.0618. The summed E-state index contributed by atoms with van der Waals surface area (Å²) in [5.41, 5.74) is 1.12. The van der Waals surface area contributed by atoms with Gasteiger partial charge >= 0.3 is 0 Å². The number of piperidine rings is 1. The molecule has 1 saturated heterocycles. The number of nitrogens with zero attached hydrogens (tertiary/aromatic N) is 2. The zero-order valence-electron chi connectivity index (χ0n) is 10.2. The zero-order chi connectivity index (χ0) is 11.6. The van der Waals surface area contributed by atoms with E-state index in [-0.39, 0.29) is 12.3 Å². The second kappa shape index (κ2) is 4.70. The van der Waals surface area contributed by atoms with Crippen LogP contribution in [0.2, 0.25) is 0 Å². The van der Waals surface area contributed by atoms with Crippen LogP contribution < -0.4 is 0 Å². The van der Waals surface area contributed by atoms with Gasteiger partial charge in [-0.05, 0) is 5.92 Å². The van der Waals surface area contributed by atoms with E-state index in [1.165, 1.54) is 5.71 Å². The Morgan fingerprint density at radius 2 is 2.12 bits per heavy atom. The van der Waals surface area contributed by atoms with Crippen LogP contribution in [0.4, 0.5) is 4.39 Å². The third-order valence-electron chi connectivity index (χ3n) is 3.69. The van der Waals surface area contributed by atoms with Gasteiger partial charge in [-0.2, -0.15) is 0 Å². The molecule has 2 aliphatic rings. The minimum Gasteiger partial charge on any atom is -0.389 e. The normalized spacial score (nSPS) is 24.9. The van der Waals surface area contributed by atoms with E-state index in [1.54, 1.807) is 0 Å². The number of likely N-dealkylation sites (tertiary alicyclic amines) is 1. The first-order valence-electron chi connectivity index (χ1n) is 6.18. The van der Waals surface area contributed by atoms with Crippen molar-refractivity contribution in [2.45, 2.75) is 38.7 Å². The molecule has 16 heavy (non-hydrogen) atoms. The third-order valence-corrected chi connectivity index (χ3v) is 3.69. The van der Waals surface area contributed by atoms with Crippen molar-refractivity contribution >= 4 is 5.71 Å². The molecule has 0 aromatic heterocycles. The molecule has 0 N–H and O–H groups in total. The highest BCUT2D eigenvalue weighted by Gasteiger charge is 2.42. The molecule has 3 nitrogen and oxygen atoms in total. The molecule has 0 aromatic carbocycles. The lowest BCUT2D eigenvalue weighted by atomic mass is 9.85. The molecule has 0 aliphatic carbocycles. The molecular formula is C12H21FN2O. The molecule has 1 fully saturated rings. The molecule has 1 spiro atoms. The summed E-state index contributed by atoms with van der Waals surface area (Å²) in [6, 6.07) is 0. The van der Waals surface area contributed by atoms with Crippen molar-refractivity contribution in [3.8, 4) is 0 Å². The maximum absolute atomic E-state index is 12.2. The van der Waals surface area contributed by atoms with Gasteiger partial charge in [-0.15, -0.1) is 0 Å². The summed E-state index contributed by atoms with van der Waals surface area (Å²) in [5.74, 6) is 0.475. The van der Waals surface area contributed by atoms with Gasteiger partial charge in [0.2, 0.25) is 0 Å². The first-order chi connectivity index (χ1) is 7.65. The van der Waals surface area contributed by atoms with Crippen molar-refractivity contribution in [2.24, 2.45) is 11.1 Å². The van der Waals surface area contributed by atoms with Crippen LogP contribution >= 0.6 is 0 Å². The van der Waals surface area contributed by atoms with E-state index in [9.17, 15) is 4.39 Å². The second-order valence-electron chi connectivity index (χ2n) is 5.22. The van der Waals surface area contributed by atoms with Crippen molar-refractivity contribution in [1.82, 2.24) is 4.90 Å². The molecular weight excluding hydrogens is 207 g/mol. The summed E-state index contributed by atoms with van der Waals surface area (Å²) < 4.78 is 12.2. The molecule has 0 radical (unpaired) electrons. The molecule has 2 heterocycles. The van der Waals surface area contributed by atoms with E-state index in [0.29, 0.717) is 12.5 Å². The van der Waals surface area contributed by atoms with E-state index >= 15 is 0 Å². The summed E-state index contributed by atoms with van der Waals surface area (Å²) in [4.78, 5) is 7.82. The van der Waals surface area contributed by atoms with Crippen LogP contribution in [0.5, 0.6) is 0 Å². The molecule has 0 unspecified atom stereocenters. The van der Waals surface area contributed by atoms with Gasteiger partial charge in [0.15, 0.2) is 0 Å². The van der Waals surface area contributed by atoms with E-state index in [4.69, 9.17) is 4.84 Å². The van der Waals surface area contributed by atoms with Gasteiger partial charge in [-0.25, -0.2) is 4.39 Å². The number of hydrogen-bond donors (Lipinski definition) is 0. The summed E-state index contributed by atoms with van der Waals surface area (Å²) in [6.07, 6.45) is 2.92. The number of rotatable bonds is 3. The summed E-state index contributed by atoms with van der Waals surface area (Å²) in [7, 11) is 0. The van der Waals surface area contributed by atoms with E-state index in [2.05, 4.69) is 23.9 Å². The highest BCUT2D eigenvalue weighted by molar-refractivity contribution is 5.87. The van der Waals surface area contributed by atoms with Crippen LogP contribution in [0.1, 0.15) is 33.1 Å². The Morgan fingerprint density at radius 1 is 1.44 bits per heavy atom. The molecule has 0 saturated carbocycles. The quantitative estimate of drug-likeness (QED) is 0.740. The fourth-order valence-corrected chi connectivity index (χ4v) is 2.43. The number of oxime groups is 1. The second-order valence-corrected chi connectivity index (χ2v) is 5.22. The molecule has 92 valence electrons. The number of hydrogen-bond acceptors (Lipinski definition) is 3. The molecule has 0 bridgehead atoms. The van der Waals surface area contributed by atoms with Gasteiger partial charge in [-0.1, -0.05) is 19.0 Å². The Hall–Kier alpha value is -0.640. The molecule has 2 rings (SSSR count). The smallest absolute Gasteiger partial charge is 0.145 e. The van der Waals surface area contributed by atoms with Crippen molar-refractivity contribution in [3.63, 3.8) is 0 Å². The zero-order valence-corrected chi connectivity index (χ0v) is 10.2. The maximum Gasteiger partial charge on any atom is 0.145 e. The third kappa shape index (κ3) is 2.37. The fourth-order valence-electron chi connectivity index (χ4n) is 2.43. The number of halogens is 1. The van der Waals surface area contributed by atoms with E-state index in [1.807, 2.05) is 0 Å². The molecule has 0 amide bonds. The van der Waals surface area contributed by atoms with Crippen LogP contribution in [-0.2, 0) is 4.84 Å². The van der Waals surface area contributed by atoms with Gasteiger partial charge < -0.3 is 9.74 Å². The number of alkyl halides is 1. The standard InChI is InChI=1S/C12H21FN2O/c1-10(2)11-9-12(16-14-11)3-6-15(7-4-12)8-5-13/h10H,3-9H2,1-2H3. The molecule has 0 atom stereocenters. The predicted octanol–water partition coefficient (Wildman–Crippen LogP) is 2.22. The lowest BCUT2D eigenvalue weighted by Crippen LogP contribution is -2.45. The predicted molar refractivity (Wildman–Crippen MR) is 62.4 cm³/mol. The summed E-state index contributed by atoms with van der Waals surface area (Å²) in [6.45, 7) is 6.49. The summed E-state index contributed by atoms with van der Waals surface area (Å²) in [5, 5.41) is 4.21. The Labute approximate surface area is 96.6 Å². The Bertz CT molecular complexity index is 270.